The maximum absolute atomic E-state index is 10.7. The van der Waals surface area contributed by atoms with Crippen LogP contribution >= 0.6 is 0 Å². The first-order valence-corrected chi connectivity index (χ1v) is 7.55. The van der Waals surface area contributed by atoms with Crippen LogP contribution in [-0.2, 0) is 21.7 Å². The molecule has 0 radical (unpaired) electrons. The molecule has 0 aliphatic rings. The van der Waals surface area contributed by atoms with E-state index in [1.54, 1.807) is 19.1 Å². The van der Waals surface area contributed by atoms with Crippen molar-refractivity contribution < 1.29 is 24.9 Å². The van der Waals surface area contributed by atoms with Crippen molar-refractivity contribution in [3.05, 3.63) is 29.3 Å². The molecule has 0 bridgehead atoms. The SMILES string of the molecule is CC(=O)OCC(C)CCCC(C)(O)c1ccc(CO)cc1O. The van der Waals surface area contributed by atoms with Crippen LogP contribution in [0.25, 0.3) is 0 Å². The standard InChI is InChI=1S/C17H26O5/c1-12(11-22-13(2)19)5-4-8-17(3,21)15-7-6-14(10-18)9-16(15)20/h6-7,9,12,18,20-21H,4-5,8,10-11H2,1-3H3. The summed E-state index contributed by atoms with van der Waals surface area (Å²) in [5.41, 5.74) is -0.0800. The van der Waals surface area contributed by atoms with Crippen LogP contribution in [0.1, 0.15) is 51.2 Å². The second-order valence-corrected chi connectivity index (χ2v) is 6.08. The number of phenolic OH excluding ortho intramolecular Hbond substituents is 1. The lowest BCUT2D eigenvalue weighted by Gasteiger charge is -2.25. The van der Waals surface area contributed by atoms with E-state index in [0.29, 0.717) is 24.2 Å². The maximum atomic E-state index is 10.7. The second kappa shape index (κ2) is 8.15. The Hall–Kier alpha value is -1.59. The number of rotatable bonds is 8. The molecule has 2 atom stereocenters. The Morgan fingerprint density at radius 2 is 2.09 bits per heavy atom. The minimum atomic E-state index is -1.14. The number of carbonyl (C=O) groups excluding carboxylic acids is 1. The van der Waals surface area contributed by atoms with Gasteiger partial charge in [-0.15, -0.1) is 0 Å². The summed E-state index contributed by atoms with van der Waals surface area (Å²) in [5.74, 6) is -0.0673. The zero-order valence-corrected chi connectivity index (χ0v) is 13.5. The van der Waals surface area contributed by atoms with Gasteiger partial charge in [0.2, 0.25) is 0 Å². The number of phenols is 1. The molecule has 22 heavy (non-hydrogen) atoms. The molecule has 1 aromatic carbocycles. The van der Waals surface area contributed by atoms with Crippen LogP contribution in [0, 0.1) is 5.92 Å². The Balaban J connectivity index is 2.55. The summed E-state index contributed by atoms with van der Waals surface area (Å²) in [6, 6.07) is 4.79. The molecule has 0 saturated heterocycles. The van der Waals surface area contributed by atoms with Gasteiger partial charge in [0, 0.05) is 12.5 Å². The van der Waals surface area contributed by atoms with Crippen LogP contribution in [0.3, 0.4) is 0 Å². The van der Waals surface area contributed by atoms with E-state index in [1.807, 2.05) is 6.92 Å². The Labute approximate surface area is 131 Å². The fraction of sp³-hybridized carbons (Fsp3) is 0.588. The first kappa shape index (κ1) is 18.5. The van der Waals surface area contributed by atoms with E-state index in [4.69, 9.17) is 9.84 Å². The van der Waals surface area contributed by atoms with Crippen LogP contribution in [0.2, 0.25) is 0 Å². The molecule has 0 amide bonds. The average Bonchev–Trinajstić information content (AvgIpc) is 2.44. The molecule has 0 aliphatic carbocycles. The van der Waals surface area contributed by atoms with Crippen molar-refractivity contribution in [1.82, 2.24) is 0 Å². The molecule has 0 heterocycles. The zero-order chi connectivity index (χ0) is 16.8. The number of aliphatic hydroxyl groups is 2. The maximum Gasteiger partial charge on any atom is 0.302 e. The molecule has 1 aromatic rings. The van der Waals surface area contributed by atoms with Crippen LogP contribution in [0.5, 0.6) is 5.75 Å². The number of carbonyl (C=O) groups is 1. The van der Waals surface area contributed by atoms with Crippen LogP contribution < -0.4 is 0 Å². The largest absolute Gasteiger partial charge is 0.508 e. The summed E-state index contributed by atoms with van der Waals surface area (Å²) in [7, 11) is 0. The van der Waals surface area contributed by atoms with Crippen LogP contribution in [0.15, 0.2) is 18.2 Å². The van der Waals surface area contributed by atoms with Crippen molar-refractivity contribution in [2.75, 3.05) is 6.61 Å². The summed E-state index contributed by atoms with van der Waals surface area (Å²) >= 11 is 0. The van der Waals surface area contributed by atoms with E-state index in [1.165, 1.54) is 13.0 Å². The van der Waals surface area contributed by atoms with E-state index in [9.17, 15) is 15.0 Å². The Kier molecular flexibility index (Phi) is 6.84. The predicted molar refractivity (Wildman–Crippen MR) is 83.2 cm³/mol. The molecular weight excluding hydrogens is 284 g/mol. The molecule has 5 heteroatoms. The van der Waals surface area contributed by atoms with Crippen molar-refractivity contribution in [1.29, 1.82) is 0 Å². The number of aliphatic hydroxyl groups excluding tert-OH is 1. The summed E-state index contributed by atoms with van der Waals surface area (Å²) in [5, 5.41) is 29.6. The summed E-state index contributed by atoms with van der Waals surface area (Å²) in [4.78, 5) is 10.7. The fourth-order valence-electron chi connectivity index (χ4n) is 2.40. The molecule has 3 N–H and O–H groups in total. The molecule has 2 unspecified atom stereocenters. The summed E-state index contributed by atoms with van der Waals surface area (Å²) in [6.07, 6.45) is 2.05. The van der Waals surface area contributed by atoms with Gasteiger partial charge in [-0.1, -0.05) is 19.1 Å². The zero-order valence-electron chi connectivity index (χ0n) is 13.5. The molecule has 0 aliphatic heterocycles. The van der Waals surface area contributed by atoms with Gasteiger partial charge >= 0.3 is 5.97 Å². The minimum Gasteiger partial charge on any atom is -0.508 e. The Morgan fingerprint density at radius 3 is 2.64 bits per heavy atom. The summed E-state index contributed by atoms with van der Waals surface area (Å²) in [6.45, 7) is 5.27. The molecule has 1 rings (SSSR count). The van der Waals surface area contributed by atoms with E-state index < -0.39 is 5.60 Å². The first-order valence-electron chi connectivity index (χ1n) is 7.55. The molecule has 0 fully saturated rings. The Bertz CT molecular complexity index is 496. The van der Waals surface area contributed by atoms with Gasteiger partial charge in [-0.3, -0.25) is 4.79 Å². The highest BCUT2D eigenvalue weighted by Crippen LogP contribution is 2.34. The lowest BCUT2D eigenvalue weighted by Crippen LogP contribution is -2.22. The van der Waals surface area contributed by atoms with Gasteiger partial charge in [-0.05, 0) is 43.7 Å². The van der Waals surface area contributed by atoms with E-state index in [2.05, 4.69) is 0 Å². The van der Waals surface area contributed by atoms with Gasteiger partial charge in [0.15, 0.2) is 0 Å². The molecule has 5 nitrogen and oxygen atoms in total. The van der Waals surface area contributed by atoms with Crippen molar-refractivity contribution >= 4 is 5.97 Å². The van der Waals surface area contributed by atoms with Gasteiger partial charge in [0.1, 0.15) is 5.75 Å². The first-order chi connectivity index (χ1) is 10.3. The van der Waals surface area contributed by atoms with Crippen LogP contribution in [0.4, 0.5) is 0 Å². The fourth-order valence-corrected chi connectivity index (χ4v) is 2.40. The highest BCUT2D eigenvalue weighted by atomic mass is 16.5. The van der Waals surface area contributed by atoms with E-state index in [0.717, 1.165) is 12.8 Å². The normalized spacial score (nSPS) is 15.1. The average molecular weight is 310 g/mol. The van der Waals surface area contributed by atoms with E-state index in [-0.39, 0.29) is 24.2 Å². The Morgan fingerprint density at radius 1 is 1.41 bits per heavy atom. The monoisotopic (exact) mass is 310 g/mol. The number of benzene rings is 1. The molecule has 124 valence electrons. The van der Waals surface area contributed by atoms with Gasteiger partial charge in [0.25, 0.3) is 0 Å². The lowest BCUT2D eigenvalue weighted by atomic mass is 9.88. The van der Waals surface area contributed by atoms with Gasteiger partial charge in [0.05, 0.1) is 18.8 Å². The van der Waals surface area contributed by atoms with Gasteiger partial charge < -0.3 is 20.1 Å². The number of esters is 1. The third-order valence-corrected chi connectivity index (χ3v) is 3.76. The smallest absolute Gasteiger partial charge is 0.302 e. The summed E-state index contributed by atoms with van der Waals surface area (Å²) < 4.78 is 4.95. The van der Waals surface area contributed by atoms with Crippen molar-refractivity contribution in [2.45, 2.75) is 52.2 Å². The van der Waals surface area contributed by atoms with Gasteiger partial charge in [-0.25, -0.2) is 0 Å². The minimum absolute atomic E-state index is 0.00971. The number of aromatic hydroxyl groups is 1. The lowest BCUT2D eigenvalue weighted by molar-refractivity contribution is -0.142. The third kappa shape index (κ3) is 5.66. The van der Waals surface area contributed by atoms with Crippen molar-refractivity contribution in [2.24, 2.45) is 5.92 Å². The predicted octanol–water partition coefficient (Wildman–Crippen LogP) is 2.46. The molecular formula is C17H26O5. The highest BCUT2D eigenvalue weighted by molar-refractivity contribution is 5.65. The van der Waals surface area contributed by atoms with Crippen LogP contribution in [-0.4, -0.2) is 27.9 Å². The topological polar surface area (TPSA) is 87.0 Å². The molecule has 0 aromatic heterocycles. The highest BCUT2D eigenvalue weighted by Gasteiger charge is 2.26. The number of hydrogen-bond donors (Lipinski definition) is 3. The second-order valence-electron chi connectivity index (χ2n) is 6.08. The van der Waals surface area contributed by atoms with Crippen molar-refractivity contribution in [3.63, 3.8) is 0 Å². The third-order valence-electron chi connectivity index (χ3n) is 3.76. The quantitative estimate of drug-likeness (QED) is 0.642. The van der Waals surface area contributed by atoms with Crippen molar-refractivity contribution in [3.8, 4) is 5.75 Å². The molecule has 0 spiro atoms. The number of hydrogen-bond acceptors (Lipinski definition) is 5. The molecule has 0 saturated carbocycles. The van der Waals surface area contributed by atoms with E-state index >= 15 is 0 Å². The van der Waals surface area contributed by atoms with Gasteiger partial charge in [-0.2, -0.15) is 0 Å². The number of ether oxygens (including phenoxy) is 1.